The van der Waals surface area contributed by atoms with Crippen LogP contribution in [0.2, 0.25) is 0 Å². The molecule has 1 aliphatic rings. The van der Waals surface area contributed by atoms with Crippen LogP contribution in [0, 0.1) is 11.6 Å². The Hall–Kier alpha value is -2.27. The first-order valence-electron chi connectivity index (χ1n) is 7.65. The van der Waals surface area contributed by atoms with Crippen LogP contribution in [0.15, 0.2) is 48.5 Å². The Bertz CT molecular complexity index is 666. The predicted octanol–water partition coefficient (Wildman–Crippen LogP) is 3.07. The molecule has 0 saturated heterocycles. The van der Waals surface area contributed by atoms with Gasteiger partial charge in [0.05, 0.1) is 0 Å². The number of amides is 1. The smallest absolute Gasteiger partial charge is 0.241 e. The van der Waals surface area contributed by atoms with Gasteiger partial charge < -0.3 is 5.32 Å². The van der Waals surface area contributed by atoms with Crippen LogP contribution in [0.25, 0.3) is 0 Å². The molecule has 3 nitrogen and oxygen atoms in total. The molecule has 0 radical (unpaired) electrons. The minimum absolute atomic E-state index is 0.124. The maximum atomic E-state index is 13.1. The highest BCUT2D eigenvalue weighted by atomic mass is 19.1. The van der Waals surface area contributed by atoms with Gasteiger partial charge in [0.15, 0.2) is 0 Å². The van der Waals surface area contributed by atoms with Crippen molar-refractivity contribution in [3.05, 3.63) is 71.3 Å². The lowest BCUT2D eigenvalue weighted by Crippen LogP contribution is -2.38. The lowest BCUT2D eigenvalue weighted by atomic mass is 10.1. The predicted molar refractivity (Wildman–Crippen MR) is 83.5 cm³/mol. The third-order valence-corrected chi connectivity index (χ3v) is 3.81. The van der Waals surface area contributed by atoms with Crippen LogP contribution in [0.3, 0.4) is 0 Å². The van der Waals surface area contributed by atoms with Crippen LogP contribution in [-0.2, 0) is 11.3 Å². The van der Waals surface area contributed by atoms with Crippen LogP contribution < -0.4 is 10.6 Å². The van der Waals surface area contributed by atoms with E-state index in [1.165, 1.54) is 24.3 Å². The van der Waals surface area contributed by atoms with Crippen LogP contribution in [0.4, 0.5) is 8.78 Å². The van der Waals surface area contributed by atoms with Gasteiger partial charge in [0.1, 0.15) is 17.7 Å². The summed E-state index contributed by atoms with van der Waals surface area (Å²) in [5, 5.41) is 6.12. The minimum atomic E-state index is -0.568. The molecule has 0 aliphatic heterocycles. The normalized spacial score (nSPS) is 15.2. The molecule has 1 amide bonds. The standard InChI is InChI=1S/C18H18F2N2O/c19-14-5-1-12(2-6-14)11-21-17(18(23)22-16-9-10-16)13-3-7-15(20)8-4-13/h1-8,16-17,21H,9-11H2,(H,22,23)/t17-/m1/s1. The fraction of sp³-hybridized carbons (Fsp3) is 0.278. The molecular weight excluding hydrogens is 298 g/mol. The first kappa shape index (κ1) is 15.6. The molecule has 1 saturated carbocycles. The highest BCUT2D eigenvalue weighted by molar-refractivity contribution is 5.83. The lowest BCUT2D eigenvalue weighted by Gasteiger charge is -2.19. The van der Waals surface area contributed by atoms with Gasteiger partial charge in [0, 0.05) is 12.6 Å². The minimum Gasteiger partial charge on any atom is -0.352 e. The Labute approximate surface area is 133 Å². The molecule has 1 atom stereocenters. The van der Waals surface area contributed by atoms with Gasteiger partial charge >= 0.3 is 0 Å². The molecule has 3 rings (SSSR count). The summed E-state index contributed by atoms with van der Waals surface area (Å²) in [6.07, 6.45) is 2.00. The van der Waals surface area contributed by atoms with Crippen LogP contribution in [0.5, 0.6) is 0 Å². The molecule has 0 bridgehead atoms. The SMILES string of the molecule is O=C(NC1CC1)[C@H](NCc1ccc(F)cc1)c1ccc(F)cc1. The molecule has 0 aromatic heterocycles. The second-order valence-electron chi connectivity index (χ2n) is 5.77. The summed E-state index contributed by atoms with van der Waals surface area (Å²) in [6, 6.07) is 11.7. The topological polar surface area (TPSA) is 41.1 Å². The van der Waals surface area contributed by atoms with E-state index < -0.39 is 6.04 Å². The van der Waals surface area contributed by atoms with Gasteiger partial charge in [0.25, 0.3) is 0 Å². The molecule has 1 aliphatic carbocycles. The molecule has 2 aromatic rings. The van der Waals surface area contributed by atoms with Gasteiger partial charge in [-0.3, -0.25) is 10.1 Å². The molecule has 5 heteroatoms. The number of carbonyl (C=O) groups excluding carboxylic acids is 1. The summed E-state index contributed by atoms with van der Waals surface area (Å²) < 4.78 is 26.1. The maximum absolute atomic E-state index is 13.1. The number of halogens is 2. The van der Waals surface area contributed by atoms with Crippen molar-refractivity contribution < 1.29 is 13.6 Å². The third-order valence-electron chi connectivity index (χ3n) is 3.81. The number of hydrogen-bond acceptors (Lipinski definition) is 2. The van der Waals surface area contributed by atoms with Crippen molar-refractivity contribution in [2.45, 2.75) is 31.5 Å². The van der Waals surface area contributed by atoms with Crippen LogP contribution >= 0.6 is 0 Å². The highest BCUT2D eigenvalue weighted by Crippen LogP contribution is 2.21. The molecule has 2 aromatic carbocycles. The Morgan fingerprint density at radius 1 is 1.00 bits per heavy atom. The van der Waals surface area contributed by atoms with Gasteiger partial charge in [-0.05, 0) is 48.2 Å². The van der Waals surface area contributed by atoms with E-state index in [0.29, 0.717) is 12.1 Å². The summed E-state index contributed by atoms with van der Waals surface area (Å²) in [6.45, 7) is 0.417. The highest BCUT2D eigenvalue weighted by Gasteiger charge is 2.28. The number of benzene rings is 2. The van der Waals surface area contributed by atoms with E-state index in [2.05, 4.69) is 10.6 Å². The van der Waals surface area contributed by atoms with Crippen LogP contribution in [0.1, 0.15) is 30.0 Å². The zero-order chi connectivity index (χ0) is 16.2. The van der Waals surface area contributed by atoms with Crippen molar-refractivity contribution in [1.29, 1.82) is 0 Å². The van der Waals surface area contributed by atoms with E-state index in [-0.39, 0.29) is 23.6 Å². The quantitative estimate of drug-likeness (QED) is 0.860. The van der Waals surface area contributed by atoms with Crippen molar-refractivity contribution in [3.8, 4) is 0 Å². The first-order valence-corrected chi connectivity index (χ1v) is 7.65. The van der Waals surface area contributed by atoms with Gasteiger partial charge in [-0.2, -0.15) is 0 Å². The Morgan fingerprint density at radius 3 is 2.13 bits per heavy atom. The fourth-order valence-electron chi connectivity index (χ4n) is 2.35. The average molecular weight is 316 g/mol. The lowest BCUT2D eigenvalue weighted by molar-refractivity contribution is -0.123. The average Bonchev–Trinajstić information content (AvgIpc) is 3.35. The molecule has 0 spiro atoms. The van der Waals surface area contributed by atoms with Crippen molar-refractivity contribution in [2.24, 2.45) is 0 Å². The molecule has 23 heavy (non-hydrogen) atoms. The number of nitrogens with one attached hydrogen (secondary N) is 2. The summed E-state index contributed by atoms with van der Waals surface area (Å²) in [5.74, 6) is -0.759. The number of carbonyl (C=O) groups is 1. The first-order chi connectivity index (χ1) is 11.1. The van der Waals surface area contributed by atoms with Crippen LogP contribution in [-0.4, -0.2) is 11.9 Å². The fourth-order valence-corrected chi connectivity index (χ4v) is 2.35. The zero-order valence-corrected chi connectivity index (χ0v) is 12.6. The van der Waals surface area contributed by atoms with E-state index >= 15 is 0 Å². The molecule has 2 N–H and O–H groups in total. The van der Waals surface area contributed by atoms with E-state index in [4.69, 9.17) is 0 Å². The molecule has 0 heterocycles. The van der Waals surface area contributed by atoms with Gasteiger partial charge in [-0.15, -0.1) is 0 Å². The summed E-state index contributed by atoms with van der Waals surface area (Å²) in [7, 11) is 0. The van der Waals surface area contributed by atoms with Gasteiger partial charge in [0.2, 0.25) is 5.91 Å². The summed E-state index contributed by atoms with van der Waals surface area (Å²) in [5.41, 5.74) is 1.57. The Balaban J connectivity index is 1.72. The van der Waals surface area contributed by atoms with Crippen molar-refractivity contribution >= 4 is 5.91 Å². The van der Waals surface area contributed by atoms with Crippen molar-refractivity contribution in [2.75, 3.05) is 0 Å². The monoisotopic (exact) mass is 316 g/mol. The maximum Gasteiger partial charge on any atom is 0.241 e. The number of rotatable bonds is 6. The Kier molecular flexibility index (Phi) is 4.67. The zero-order valence-electron chi connectivity index (χ0n) is 12.6. The molecule has 120 valence electrons. The second kappa shape index (κ2) is 6.87. The Morgan fingerprint density at radius 2 is 1.57 bits per heavy atom. The van der Waals surface area contributed by atoms with E-state index in [1.807, 2.05) is 0 Å². The summed E-state index contributed by atoms with van der Waals surface area (Å²) in [4.78, 5) is 12.4. The van der Waals surface area contributed by atoms with Gasteiger partial charge in [-0.1, -0.05) is 24.3 Å². The third kappa shape index (κ3) is 4.36. The molecular formula is C18H18F2N2O. The summed E-state index contributed by atoms with van der Waals surface area (Å²) >= 11 is 0. The molecule has 0 unspecified atom stereocenters. The van der Waals surface area contributed by atoms with E-state index in [0.717, 1.165) is 18.4 Å². The van der Waals surface area contributed by atoms with E-state index in [1.54, 1.807) is 24.3 Å². The van der Waals surface area contributed by atoms with Gasteiger partial charge in [-0.25, -0.2) is 8.78 Å². The largest absolute Gasteiger partial charge is 0.352 e. The molecule has 1 fully saturated rings. The van der Waals surface area contributed by atoms with Crippen molar-refractivity contribution in [1.82, 2.24) is 10.6 Å². The number of hydrogen-bond donors (Lipinski definition) is 2. The van der Waals surface area contributed by atoms with Crippen molar-refractivity contribution in [3.63, 3.8) is 0 Å². The van der Waals surface area contributed by atoms with E-state index in [9.17, 15) is 13.6 Å². The second-order valence-corrected chi connectivity index (χ2v) is 5.77.